The lowest BCUT2D eigenvalue weighted by Crippen LogP contribution is -1.94. The van der Waals surface area contributed by atoms with Crippen LogP contribution in [0.25, 0.3) is 11.1 Å². The number of rotatable bonds is 4. The Hall–Kier alpha value is -1.83. The van der Waals surface area contributed by atoms with E-state index in [1.165, 1.54) is 0 Å². The van der Waals surface area contributed by atoms with E-state index in [0.717, 1.165) is 16.9 Å². The zero-order valence-corrected chi connectivity index (χ0v) is 9.59. The van der Waals surface area contributed by atoms with E-state index in [1.54, 1.807) is 7.48 Å². The van der Waals surface area contributed by atoms with Crippen molar-refractivity contribution in [1.82, 2.24) is 0 Å². The minimum absolute atomic E-state index is 0.647. The van der Waals surface area contributed by atoms with Gasteiger partial charge in [0.1, 0.15) is 0 Å². The fourth-order valence-electron chi connectivity index (χ4n) is 1.59. The van der Waals surface area contributed by atoms with E-state index in [9.17, 15) is 0 Å². The molecule has 0 amide bonds. The molecular formula is C13H11B2O2. The van der Waals surface area contributed by atoms with Gasteiger partial charge < -0.3 is 9.31 Å². The van der Waals surface area contributed by atoms with Crippen LogP contribution in [0, 0.1) is 0 Å². The Morgan fingerprint density at radius 2 is 1.29 bits per heavy atom. The zero-order valence-electron chi connectivity index (χ0n) is 9.59. The molecule has 0 aliphatic heterocycles. The van der Waals surface area contributed by atoms with Crippen molar-refractivity contribution in [1.29, 1.82) is 0 Å². The van der Waals surface area contributed by atoms with Gasteiger partial charge in [0.15, 0.2) is 0 Å². The Bertz CT molecular complexity index is 466. The van der Waals surface area contributed by atoms with Crippen LogP contribution in [0.5, 0.6) is 11.5 Å². The third-order valence-electron chi connectivity index (χ3n) is 2.43. The van der Waals surface area contributed by atoms with Crippen LogP contribution >= 0.6 is 0 Å². The molecule has 0 aliphatic rings. The van der Waals surface area contributed by atoms with Gasteiger partial charge in [0.25, 0.3) is 0 Å². The third-order valence-corrected chi connectivity index (χ3v) is 2.43. The van der Waals surface area contributed by atoms with E-state index in [-0.39, 0.29) is 0 Å². The van der Waals surface area contributed by atoms with E-state index >= 15 is 0 Å². The smallest absolute Gasteiger partial charge is 0.374 e. The molecule has 17 heavy (non-hydrogen) atoms. The van der Waals surface area contributed by atoms with Crippen LogP contribution in [0.3, 0.4) is 0 Å². The molecule has 4 heteroatoms. The molecule has 2 nitrogen and oxygen atoms in total. The Morgan fingerprint density at radius 3 is 1.71 bits per heavy atom. The maximum absolute atomic E-state index is 5.27. The summed E-state index contributed by atoms with van der Waals surface area (Å²) in [6.45, 7) is 1.85. The van der Waals surface area contributed by atoms with Gasteiger partial charge in [-0.2, -0.15) is 0 Å². The van der Waals surface area contributed by atoms with Crippen molar-refractivity contribution in [2.75, 3.05) is 0 Å². The molecule has 0 aromatic heterocycles. The van der Waals surface area contributed by atoms with Crippen LogP contribution in [0.1, 0.15) is 0 Å². The van der Waals surface area contributed by atoms with Gasteiger partial charge in [-0.1, -0.05) is 31.1 Å². The summed E-state index contributed by atoms with van der Waals surface area (Å²) in [5.41, 5.74) is 2.23. The standard InChI is InChI=1S/C13H11B2O2/c1-15-17-13-8-4-11(5-9-13)10-2-6-12(16-14)7-3-10/h2-9H,1H3. The van der Waals surface area contributed by atoms with Crippen LogP contribution in [0.2, 0.25) is 6.82 Å². The van der Waals surface area contributed by atoms with Crippen molar-refractivity contribution in [2.45, 2.75) is 6.82 Å². The lowest BCUT2D eigenvalue weighted by atomic mass is 10.0. The third kappa shape index (κ3) is 2.84. The molecule has 0 bridgehead atoms. The molecule has 2 rings (SSSR count). The first-order valence-corrected chi connectivity index (χ1v) is 5.35. The molecule has 0 saturated carbocycles. The molecule has 0 atom stereocenters. The lowest BCUT2D eigenvalue weighted by Gasteiger charge is -2.06. The molecule has 0 aliphatic carbocycles. The van der Waals surface area contributed by atoms with Gasteiger partial charge in [-0.15, -0.1) is 0 Å². The molecule has 81 valence electrons. The van der Waals surface area contributed by atoms with Gasteiger partial charge in [0.05, 0.1) is 11.5 Å². The van der Waals surface area contributed by atoms with Gasteiger partial charge in [0, 0.05) is 0 Å². The van der Waals surface area contributed by atoms with Crippen molar-refractivity contribution < 1.29 is 9.31 Å². The van der Waals surface area contributed by atoms with E-state index in [4.69, 9.17) is 12.7 Å². The summed E-state index contributed by atoms with van der Waals surface area (Å²) in [5.74, 6) is 1.48. The first-order chi connectivity index (χ1) is 8.33. The van der Waals surface area contributed by atoms with E-state index in [1.807, 2.05) is 55.4 Å². The van der Waals surface area contributed by atoms with E-state index < -0.39 is 0 Å². The molecule has 0 spiro atoms. The molecule has 2 aromatic carbocycles. The zero-order chi connectivity index (χ0) is 12.1. The number of benzene rings is 2. The highest BCUT2D eigenvalue weighted by atomic mass is 16.4. The summed E-state index contributed by atoms with van der Waals surface area (Å²) in [4.78, 5) is 0. The highest BCUT2D eigenvalue weighted by molar-refractivity contribution is 6.26. The first-order valence-electron chi connectivity index (χ1n) is 5.35. The van der Waals surface area contributed by atoms with Crippen molar-refractivity contribution in [3.05, 3.63) is 48.5 Å². The van der Waals surface area contributed by atoms with E-state index in [0.29, 0.717) is 5.75 Å². The maximum atomic E-state index is 5.27. The minimum Gasteiger partial charge on any atom is -0.568 e. The number of hydrogen-bond donors (Lipinski definition) is 0. The quantitative estimate of drug-likeness (QED) is 0.738. The Kier molecular flexibility index (Phi) is 3.76. The van der Waals surface area contributed by atoms with Crippen LogP contribution in [-0.4, -0.2) is 15.5 Å². The maximum Gasteiger partial charge on any atom is 0.374 e. The topological polar surface area (TPSA) is 18.5 Å². The Morgan fingerprint density at radius 1 is 0.824 bits per heavy atom. The second-order valence-electron chi connectivity index (χ2n) is 3.52. The summed E-state index contributed by atoms with van der Waals surface area (Å²) in [6, 6.07) is 15.5. The van der Waals surface area contributed by atoms with E-state index in [2.05, 4.69) is 4.65 Å². The summed E-state index contributed by atoms with van der Waals surface area (Å²) in [5, 5.41) is 0. The summed E-state index contributed by atoms with van der Waals surface area (Å²) < 4.78 is 9.90. The highest BCUT2D eigenvalue weighted by Crippen LogP contribution is 2.24. The molecular weight excluding hydrogens is 210 g/mol. The lowest BCUT2D eigenvalue weighted by molar-refractivity contribution is 0.600. The van der Waals surface area contributed by atoms with Crippen LogP contribution < -0.4 is 9.31 Å². The molecule has 0 N–H and O–H groups in total. The van der Waals surface area contributed by atoms with Crippen LogP contribution in [0.15, 0.2) is 48.5 Å². The molecule has 0 unspecified atom stereocenters. The van der Waals surface area contributed by atoms with Crippen LogP contribution in [-0.2, 0) is 0 Å². The normalized spacial score (nSPS) is 9.71. The molecule has 3 radical (unpaired) electrons. The highest BCUT2D eigenvalue weighted by Gasteiger charge is 1.99. The predicted molar refractivity (Wildman–Crippen MR) is 70.5 cm³/mol. The molecule has 0 saturated heterocycles. The Balaban J connectivity index is 2.20. The van der Waals surface area contributed by atoms with Gasteiger partial charge in [-0.25, -0.2) is 0 Å². The van der Waals surface area contributed by atoms with Crippen LogP contribution in [0.4, 0.5) is 0 Å². The average molecular weight is 221 g/mol. The van der Waals surface area contributed by atoms with Crippen molar-refractivity contribution in [3.8, 4) is 22.6 Å². The summed E-state index contributed by atoms with van der Waals surface area (Å²) in [6.07, 6.45) is 0. The molecule has 2 aromatic rings. The average Bonchev–Trinajstić information content (AvgIpc) is 2.40. The second-order valence-corrected chi connectivity index (χ2v) is 3.52. The minimum atomic E-state index is 0.647. The predicted octanol–water partition coefficient (Wildman–Crippen LogP) is 2.86. The van der Waals surface area contributed by atoms with Gasteiger partial charge >= 0.3 is 15.5 Å². The van der Waals surface area contributed by atoms with Crippen molar-refractivity contribution >= 4 is 15.5 Å². The largest absolute Gasteiger partial charge is 0.568 e. The Labute approximate surface area is 103 Å². The fraction of sp³-hybridized carbons (Fsp3) is 0.0769. The van der Waals surface area contributed by atoms with Crippen molar-refractivity contribution in [3.63, 3.8) is 0 Å². The fourth-order valence-corrected chi connectivity index (χ4v) is 1.59. The van der Waals surface area contributed by atoms with Gasteiger partial charge in [-0.3, -0.25) is 0 Å². The second kappa shape index (κ2) is 5.48. The summed E-state index contributed by atoms with van der Waals surface area (Å²) in [7, 11) is 6.73. The summed E-state index contributed by atoms with van der Waals surface area (Å²) >= 11 is 0. The monoisotopic (exact) mass is 221 g/mol. The molecule has 0 heterocycles. The van der Waals surface area contributed by atoms with Gasteiger partial charge in [0.2, 0.25) is 0 Å². The first kappa shape index (κ1) is 11.6. The SMILES string of the molecule is [B]Oc1ccc(-c2ccc(O[B]C)cc2)cc1. The number of hydrogen-bond acceptors (Lipinski definition) is 2. The van der Waals surface area contributed by atoms with Crippen molar-refractivity contribution in [2.24, 2.45) is 0 Å². The molecule has 0 fully saturated rings. The van der Waals surface area contributed by atoms with Gasteiger partial charge in [-0.05, 0) is 35.4 Å².